The highest BCUT2D eigenvalue weighted by Crippen LogP contribution is 2.37. The number of amides is 2. The molecule has 26 heavy (non-hydrogen) atoms. The topological polar surface area (TPSA) is 67.9 Å². The van der Waals surface area contributed by atoms with Crippen molar-refractivity contribution < 1.29 is 19.1 Å². The number of benzene rings is 2. The van der Waals surface area contributed by atoms with Gasteiger partial charge in [-0.25, -0.2) is 0 Å². The zero-order valence-corrected chi connectivity index (χ0v) is 14.5. The van der Waals surface area contributed by atoms with Crippen molar-refractivity contribution in [2.24, 2.45) is 0 Å². The van der Waals surface area contributed by atoms with Gasteiger partial charge in [0.2, 0.25) is 5.91 Å². The molecule has 6 nitrogen and oxygen atoms in total. The number of carbonyl (C=O) groups is 2. The van der Waals surface area contributed by atoms with Gasteiger partial charge in [-0.05, 0) is 24.5 Å². The van der Waals surface area contributed by atoms with Crippen LogP contribution in [0, 0.1) is 0 Å². The summed E-state index contributed by atoms with van der Waals surface area (Å²) in [7, 11) is 1.54. The number of methoxy groups -OCH3 is 1. The average Bonchev–Trinajstić information content (AvgIpc) is 3.13. The monoisotopic (exact) mass is 352 g/mol. The van der Waals surface area contributed by atoms with E-state index in [0.29, 0.717) is 42.3 Å². The summed E-state index contributed by atoms with van der Waals surface area (Å²) in [4.78, 5) is 27.0. The predicted molar refractivity (Wildman–Crippen MR) is 96.5 cm³/mol. The molecule has 2 aromatic carbocycles. The molecule has 0 aliphatic carbocycles. The van der Waals surface area contributed by atoms with E-state index in [-0.39, 0.29) is 11.8 Å². The first-order chi connectivity index (χ1) is 12.7. The number of hydrogen-bond donors (Lipinski definition) is 1. The first-order valence-corrected chi connectivity index (χ1v) is 8.68. The van der Waals surface area contributed by atoms with Crippen molar-refractivity contribution >= 4 is 17.5 Å². The van der Waals surface area contributed by atoms with Crippen molar-refractivity contribution in [1.29, 1.82) is 0 Å². The van der Waals surface area contributed by atoms with Crippen LogP contribution in [0.4, 0.5) is 5.69 Å². The maximum atomic E-state index is 12.9. The van der Waals surface area contributed by atoms with Crippen molar-refractivity contribution in [3.05, 3.63) is 53.6 Å². The van der Waals surface area contributed by atoms with E-state index >= 15 is 0 Å². The lowest BCUT2D eigenvalue weighted by Crippen LogP contribution is -2.40. The minimum absolute atomic E-state index is 0.144. The normalized spacial score (nSPS) is 18.7. The van der Waals surface area contributed by atoms with Crippen molar-refractivity contribution in [3.63, 3.8) is 0 Å². The van der Waals surface area contributed by atoms with Crippen LogP contribution in [0.25, 0.3) is 0 Å². The molecule has 0 radical (unpaired) electrons. The standard InChI is InChI=1S/C20H20N2O4/c1-25-17-11-15-14(10-18(17)26-12-13-6-3-2-4-7-13)20(24)22-9-5-8-16(22)19(23)21-15/h2-4,6-7,10-11,16H,5,8-9,12H2,1H3,(H,21,23)/t16-/m0/s1. The highest BCUT2D eigenvalue weighted by Gasteiger charge is 2.38. The molecule has 0 unspecified atom stereocenters. The number of fused-ring (bicyclic) bond motifs is 2. The lowest BCUT2D eigenvalue weighted by molar-refractivity contribution is -0.119. The lowest BCUT2D eigenvalue weighted by Gasteiger charge is -2.20. The molecule has 0 spiro atoms. The summed E-state index contributed by atoms with van der Waals surface area (Å²) in [5.74, 6) is 0.674. The molecule has 2 aromatic rings. The SMILES string of the molecule is COc1cc2c(cc1OCc1ccccc1)C(=O)N1CCC[C@H]1C(=O)N2. The summed E-state index contributed by atoms with van der Waals surface area (Å²) >= 11 is 0. The van der Waals surface area contributed by atoms with Gasteiger partial charge < -0.3 is 19.7 Å². The van der Waals surface area contributed by atoms with Gasteiger partial charge in [-0.15, -0.1) is 0 Å². The third-order valence-electron chi connectivity index (χ3n) is 4.85. The second kappa shape index (κ2) is 6.71. The molecule has 1 saturated heterocycles. The average molecular weight is 352 g/mol. The molecule has 2 aliphatic rings. The molecule has 1 fully saturated rings. The van der Waals surface area contributed by atoms with Crippen LogP contribution in [0.15, 0.2) is 42.5 Å². The van der Waals surface area contributed by atoms with Crippen LogP contribution in [-0.2, 0) is 11.4 Å². The van der Waals surface area contributed by atoms with Crippen molar-refractivity contribution in [1.82, 2.24) is 4.90 Å². The fourth-order valence-corrected chi connectivity index (χ4v) is 3.50. The van der Waals surface area contributed by atoms with Crippen LogP contribution >= 0.6 is 0 Å². The molecule has 1 N–H and O–H groups in total. The molecule has 1 atom stereocenters. The highest BCUT2D eigenvalue weighted by molar-refractivity contribution is 6.10. The van der Waals surface area contributed by atoms with Gasteiger partial charge in [0.15, 0.2) is 11.5 Å². The second-order valence-electron chi connectivity index (χ2n) is 6.47. The second-order valence-corrected chi connectivity index (χ2v) is 6.47. The lowest BCUT2D eigenvalue weighted by atomic mass is 10.1. The van der Waals surface area contributed by atoms with Crippen LogP contribution in [-0.4, -0.2) is 36.4 Å². The fraction of sp³-hybridized carbons (Fsp3) is 0.300. The molecule has 0 aromatic heterocycles. The molecule has 4 rings (SSSR count). The Kier molecular flexibility index (Phi) is 4.24. The molecule has 2 heterocycles. The summed E-state index contributed by atoms with van der Waals surface area (Å²) in [6.45, 7) is 0.964. The van der Waals surface area contributed by atoms with Crippen LogP contribution in [0.5, 0.6) is 11.5 Å². The number of rotatable bonds is 4. The van der Waals surface area contributed by atoms with Crippen molar-refractivity contribution in [3.8, 4) is 11.5 Å². The Morgan fingerprint density at radius 2 is 1.96 bits per heavy atom. The number of carbonyl (C=O) groups excluding carboxylic acids is 2. The third kappa shape index (κ3) is 2.87. The smallest absolute Gasteiger partial charge is 0.256 e. The number of ether oxygens (including phenoxy) is 2. The Bertz CT molecular complexity index is 850. The zero-order chi connectivity index (χ0) is 18.1. The number of hydrogen-bond acceptors (Lipinski definition) is 4. The van der Waals surface area contributed by atoms with E-state index in [1.165, 1.54) is 7.11 Å². The van der Waals surface area contributed by atoms with Crippen LogP contribution in [0.2, 0.25) is 0 Å². The molecule has 134 valence electrons. The molecule has 2 amide bonds. The number of nitrogens with zero attached hydrogens (tertiary/aromatic N) is 1. The maximum Gasteiger partial charge on any atom is 0.256 e. The van der Waals surface area contributed by atoms with E-state index in [2.05, 4.69) is 5.32 Å². The van der Waals surface area contributed by atoms with Gasteiger partial charge >= 0.3 is 0 Å². The number of anilines is 1. The van der Waals surface area contributed by atoms with E-state index < -0.39 is 6.04 Å². The summed E-state index contributed by atoms with van der Waals surface area (Å²) in [5.41, 5.74) is 1.92. The van der Waals surface area contributed by atoms with Gasteiger partial charge in [-0.2, -0.15) is 0 Å². The van der Waals surface area contributed by atoms with Crippen molar-refractivity contribution in [2.75, 3.05) is 19.0 Å². The molecular weight excluding hydrogens is 332 g/mol. The fourth-order valence-electron chi connectivity index (χ4n) is 3.50. The largest absolute Gasteiger partial charge is 0.493 e. The molecule has 0 bridgehead atoms. The quantitative estimate of drug-likeness (QED) is 0.919. The van der Waals surface area contributed by atoms with Gasteiger partial charge in [0.1, 0.15) is 12.6 Å². The van der Waals surface area contributed by atoms with E-state index in [9.17, 15) is 9.59 Å². The predicted octanol–water partition coefficient (Wildman–Crippen LogP) is 2.83. The molecule has 6 heteroatoms. The van der Waals surface area contributed by atoms with Gasteiger partial charge in [-0.3, -0.25) is 9.59 Å². The summed E-state index contributed by atoms with van der Waals surface area (Å²) < 4.78 is 11.3. The molecule has 0 saturated carbocycles. The Labute approximate surface area is 151 Å². The van der Waals surface area contributed by atoms with Gasteiger partial charge in [0, 0.05) is 12.6 Å². The highest BCUT2D eigenvalue weighted by atomic mass is 16.5. The number of nitrogens with one attached hydrogen (secondary N) is 1. The Balaban J connectivity index is 1.68. The molecule has 2 aliphatic heterocycles. The summed E-state index contributed by atoms with van der Waals surface area (Å²) in [6, 6.07) is 12.7. The van der Waals surface area contributed by atoms with Crippen LogP contribution < -0.4 is 14.8 Å². The van der Waals surface area contributed by atoms with Crippen molar-refractivity contribution in [2.45, 2.75) is 25.5 Å². The Morgan fingerprint density at radius 3 is 2.73 bits per heavy atom. The minimum Gasteiger partial charge on any atom is -0.493 e. The first-order valence-electron chi connectivity index (χ1n) is 8.68. The Hall–Kier alpha value is -3.02. The van der Waals surface area contributed by atoms with Gasteiger partial charge in [-0.1, -0.05) is 30.3 Å². The van der Waals surface area contributed by atoms with Crippen LogP contribution in [0.1, 0.15) is 28.8 Å². The van der Waals surface area contributed by atoms with Gasteiger partial charge in [0.25, 0.3) is 5.91 Å². The summed E-state index contributed by atoms with van der Waals surface area (Å²) in [5, 5.41) is 2.86. The minimum atomic E-state index is -0.394. The molecular formula is C20H20N2O4. The van der Waals surface area contributed by atoms with E-state index in [4.69, 9.17) is 9.47 Å². The van der Waals surface area contributed by atoms with E-state index in [1.54, 1.807) is 17.0 Å². The van der Waals surface area contributed by atoms with E-state index in [0.717, 1.165) is 12.0 Å². The summed E-state index contributed by atoms with van der Waals surface area (Å²) in [6.07, 6.45) is 1.53. The maximum absolute atomic E-state index is 12.9. The zero-order valence-electron chi connectivity index (χ0n) is 14.5. The van der Waals surface area contributed by atoms with Gasteiger partial charge in [0.05, 0.1) is 18.4 Å². The first kappa shape index (κ1) is 16.4. The van der Waals surface area contributed by atoms with E-state index in [1.807, 2.05) is 30.3 Å². The Morgan fingerprint density at radius 1 is 1.15 bits per heavy atom. The van der Waals surface area contributed by atoms with Crippen LogP contribution in [0.3, 0.4) is 0 Å². The third-order valence-corrected chi connectivity index (χ3v) is 4.85.